The van der Waals surface area contributed by atoms with Gasteiger partial charge in [-0.3, -0.25) is 9.78 Å². The molecule has 4 nitrogen and oxygen atoms in total. The molecule has 20 heavy (non-hydrogen) atoms. The van der Waals surface area contributed by atoms with Crippen molar-refractivity contribution in [3.8, 4) is 0 Å². The highest BCUT2D eigenvalue weighted by Crippen LogP contribution is 2.30. The van der Waals surface area contributed by atoms with E-state index < -0.39 is 0 Å². The molecule has 0 bridgehead atoms. The Bertz CT molecular complexity index is 430. The lowest BCUT2D eigenvalue weighted by atomic mass is 9.81. The molecule has 0 spiro atoms. The summed E-state index contributed by atoms with van der Waals surface area (Å²) in [5.74, 6) is 1.53. The summed E-state index contributed by atoms with van der Waals surface area (Å²) < 4.78 is 0. The van der Waals surface area contributed by atoms with E-state index in [0.29, 0.717) is 12.2 Å². The van der Waals surface area contributed by atoms with E-state index in [2.05, 4.69) is 17.2 Å². The fraction of sp³-hybridized carbons (Fsp3) is 0.625. The van der Waals surface area contributed by atoms with Crippen molar-refractivity contribution in [2.45, 2.75) is 45.6 Å². The molecule has 1 amide bonds. The Labute approximate surface area is 121 Å². The lowest BCUT2D eigenvalue weighted by Gasteiger charge is -2.26. The van der Waals surface area contributed by atoms with Crippen LogP contribution in [0.1, 0.15) is 55.1 Å². The summed E-state index contributed by atoms with van der Waals surface area (Å²) in [6.45, 7) is 3.53. The van der Waals surface area contributed by atoms with Gasteiger partial charge in [0.05, 0.1) is 0 Å². The number of rotatable bonds is 5. The second kappa shape index (κ2) is 7.39. The minimum Gasteiger partial charge on any atom is -0.351 e. The van der Waals surface area contributed by atoms with E-state index in [1.807, 2.05) is 6.07 Å². The van der Waals surface area contributed by atoms with Gasteiger partial charge in [0, 0.05) is 19.3 Å². The van der Waals surface area contributed by atoms with Gasteiger partial charge in [-0.05, 0) is 36.3 Å². The van der Waals surface area contributed by atoms with E-state index in [9.17, 15) is 4.79 Å². The first-order valence-corrected chi connectivity index (χ1v) is 7.62. The molecule has 1 aromatic heterocycles. The molecule has 2 unspecified atom stereocenters. The minimum atomic E-state index is -0.0857. The van der Waals surface area contributed by atoms with Crippen LogP contribution in [-0.2, 0) is 6.54 Å². The standard InChI is InChI=1S/C16H25N3O/c1-12-3-2-4-13(9-12)7-8-18-16(20)15-6-5-14(10-17)11-19-15/h5-6,11-13H,2-4,7-10,17H2,1H3,(H,18,20). The molecule has 2 atom stereocenters. The number of aromatic nitrogens is 1. The predicted molar refractivity (Wildman–Crippen MR) is 80.2 cm³/mol. The van der Waals surface area contributed by atoms with E-state index in [1.165, 1.54) is 25.7 Å². The molecule has 0 saturated heterocycles. The van der Waals surface area contributed by atoms with Crippen LogP contribution in [0.4, 0.5) is 0 Å². The lowest BCUT2D eigenvalue weighted by molar-refractivity contribution is 0.0944. The van der Waals surface area contributed by atoms with Crippen LogP contribution in [0.25, 0.3) is 0 Å². The zero-order chi connectivity index (χ0) is 14.4. The Balaban J connectivity index is 1.74. The summed E-state index contributed by atoms with van der Waals surface area (Å²) in [6, 6.07) is 3.59. The van der Waals surface area contributed by atoms with E-state index in [4.69, 9.17) is 5.73 Å². The highest BCUT2D eigenvalue weighted by molar-refractivity contribution is 5.92. The van der Waals surface area contributed by atoms with Gasteiger partial charge in [-0.25, -0.2) is 0 Å². The Morgan fingerprint density at radius 2 is 2.30 bits per heavy atom. The number of hydrogen-bond donors (Lipinski definition) is 2. The molecule has 0 aromatic carbocycles. The van der Waals surface area contributed by atoms with Crippen molar-refractivity contribution in [2.75, 3.05) is 6.54 Å². The van der Waals surface area contributed by atoms with Gasteiger partial charge in [0.25, 0.3) is 5.91 Å². The van der Waals surface area contributed by atoms with Crippen LogP contribution in [0.3, 0.4) is 0 Å². The second-order valence-corrected chi connectivity index (χ2v) is 5.94. The summed E-state index contributed by atoms with van der Waals surface area (Å²) in [4.78, 5) is 16.1. The van der Waals surface area contributed by atoms with Gasteiger partial charge in [0.2, 0.25) is 0 Å². The molecule has 4 heteroatoms. The molecular formula is C16H25N3O. The maximum Gasteiger partial charge on any atom is 0.269 e. The van der Waals surface area contributed by atoms with Crippen LogP contribution < -0.4 is 11.1 Å². The highest BCUT2D eigenvalue weighted by atomic mass is 16.1. The first-order chi connectivity index (χ1) is 9.69. The fourth-order valence-electron chi connectivity index (χ4n) is 2.98. The quantitative estimate of drug-likeness (QED) is 0.867. The molecule has 1 saturated carbocycles. The molecule has 1 fully saturated rings. The van der Waals surface area contributed by atoms with Crippen molar-refractivity contribution in [1.29, 1.82) is 0 Å². The van der Waals surface area contributed by atoms with Gasteiger partial charge in [0.15, 0.2) is 0 Å². The summed E-state index contributed by atoms with van der Waals surface area (Å²) in [5, 5.41) is 2.97. The third-order valence-electron chi connectivity index (χ3n) is 4.18. The van der Waals surface area contributed by atoms with Crippen molar-refractivity contribution in [2.24, 2.45) is 17.6 Å². The molecule has 2 rings (SSSR count). The maximum atomic E-state index is 11.9. The normalized spacial score (nSPS) is 22.5. The Morgan fingerprint density at radius 3 is 2.95 bits per heavy atom. The van der Waals surface area contributed by atoms with Gasteiger partial charge >= 0.3 is 0 Å². The van der Waals surface area contributed by atoms with Gasteiger partial charge in [-0.2, -0.15) is 0 Å². The zero-order valence-corrected chi connectivity index (χ0v) is 12.3. The topological polar surface area (TPSA) is 68.0 Å². The van der Waals surface area contributed by atoms with Crippen LogP contribution in [0.15, 0.2) is 18.3 Å². The monoisotopic (exact) mass is 275 g/mol. The van der Waals surface area contributed by atoms with Crippen LogP contribution in [0, 0.1) is 11.8 Å². The summed E-state index contributed by atoms with van der Waals surface area (Å²) in [5.41, 5.74) is 6.92. The number of nitrogens with zero attached hydrogens (tertiary/aromatic N) is 1. The van der Waals surface area contributed by atoms with E-state index in [0.717, 1.165) is 30.4 Å². The Hall–Kier alpha value is -1.42. The first-order valence-electron chi connectivity index (χ1n) is 7.62. The largest absolute Gasteiger partial charge is 0.351 e. The SMILES string of the molecule is CC1CCCC(CCNC(=O)c2ccc(CN)cn2)C1. The Morgan fingerprint density at radius 1 is 1.45 bits per heavy atom. The molecule has 110 valence electrons. The van der Waals surface area contributed by atoms with Crippen LogP contribution in [0.5, 0.6) is 0 Å². The van der Waals surface area contributed by atoms with E-state index in [1.54, 1.807) is 12.3 Å². The number of pyridine rings is 1. The molecule has 1 aliphatic rings. The van der Waals surface area contributed by atoms with Crippen molar-refractivity contribution < 1.29 is 4.79 Å². The van der Waals surface area contributed by atoms with Crippen molar-refractivity contribution in [3.05, 3.63) is 29.6 Å². The third-order valence-corrected chi connectivity index (χ3v) is 4.18. The minimum absolute atomic E-state index is 0.0857. The summed E-state index contributed by atoms with van der Waals surface area (Å²) in [7, 11) is 0. The third kappa shape index (κ3) is 4.30. The van der Waals surface area contributed by atoms with Crippen molar-refractivity contribution in [3.63, 3.8) is 0 Å². The van der Waals surface area contributed by atoms with Gasteiger partial charge in [0.1, 0.15) is 5.69 Å². The molecule has 1 heterocycles. The molecular weight excluding hydrogens is 250 g/mol. The number of carbonyl (C=O) groups excluding carboxylic acids is 1. The van der Waals surface area contributed by atoms with E-state index in [-0.39, 0.29) is 5.91 Å². The van der Waals surface area contributed by atoms with Gasteiger partial charge < -0.3 is 11.1 Å². The molecule has 3 N–H and O–H groups in total. The van der Waals surface area contributed by atoms with Crippen molar-refractivity contribution >= 4 is 5.91 Å². The average molecular weight is 275 g/mol. The number of nitrogens with two attached hydrogens (primary N) is 1. The fourth-order valence-corrected chi connectivity index (χ4v) is 2.98. The number of hydrogen-bond acceptors (Lipinski definition) is 3. The molecule has 0 radical (unpaired) electrons. The average Bonchev–Trinajstić information content (AvgIpc) is 2.47. The number of carbonyl (C=O) groups is 1. The summed E-state index contributed by atoms with van der Waals surface area (Å²) >= 11 is 0. The molecule has 1 aromatic rings. The zero-order valence-electron chi connectivity index (χ0n) is 12.3. The molecule has 0 aliphatic heterocycles. The second-order valence-electron chi connectivity index (χ2n) is 5.94. The number of amides is 1. The lowest BCUT2D eigenvalue weighted by Crippen LogP contribution is -2.27. The number of nitrogens with one attached hydrogen (secondary N) is 1. The van der Waals surface area contributed by atoms with E-state index >= 15 is 0 Å². The van der Waals surface area contributed by atoms with Crippen molar-refractivity contribution in [1.82, 2.24) is 10.3 Å². The van der Waals surface area contributed by atoms with Crippen LogP contribution in [0.2, 0.25) is 0 Å². The smallest absolute Gasteiger partial charge is 0.269 e. The Kier molecular flexibility index (Phi) is 5.53. The van der Waals surface area contributed by atoms with Crippen LogP contribution in [-0.4, -0.2) is 17.4 Å². The summed E-state index contributed by atoms with van der Waals surface area (Å²) in [6.07, 6.45) is 8.06. The highest BCUT2D eigenvalue weighted by Gasteiger charge is 2.18. The van der Waals surface area contributed by atoms with Gasteiger partial charge in [-0.1, -0.05) is 32.3 Å². The predicted octanol–water partition coefficient (Wildman–Crippen LogP) is 2.49. The van der Waals surface area contributed by atoms with Crippen LogP contribution >= 0.6 is 0 Å². The van der Waals surface area contributed by atoms with Gasteiger partial charge in [-0.15, -0.1) is 0 Å². The maximum absolute atomic E-state index is 11.9. The first kappa shape index (κ1) is 15.0. The molecule has 1 aliphatic carbocycles.